The zero-order valence-corrected chi connectivity index (χ0v) is 18.2. The third-order valence-electron chi connectivity index (χ3n) is 4.14. The molecule has 1 aromatic heterocycles. The van der Waals surface area contributed by atoms with Crippen LogP contribution < -0.4 is 16.0 Å². The highest BCUT2D eigenvalue weighted by atomic mass is 19.2. The first kappa shape index (κ1) is 24.2. The van der Waals surface area contributed by atoms with Gasteiger partial charge in [0.2, 0.25) is 0 Å². The second kappa shape index (κ2) is 11.9. The molecule has 0 atom stereocenters. The van der Waals surface area contributed by atoms with Crippen LogP contribution in [-0.4, -0.2) is 29.8 Å². The van der Waals surface area contributed by atoms with Crippen LogP contribution in [0.15, 0.2) is 34.7 Å². The summed E-state index contributed by atoms with van der Waals surface area (Å²) in [5.41, 5.74) is 0.538. The van der Waals surface area contributed by atoms with Crippen LogP contribution in [0, 0.1) is 24.4 Å². The summed E-state index contributed by atoms with van der Waals surface area (Å²) in [6.07, 6.45) is 1.03. The molecule has 3 rings (SSSR count). The second-order valence-corrected chi connectivity index (χ2v) is 6.48. The lowest BCUT2D eigenvalue weighted by molar-refractivity contribution is 0.510. The molecular weight excluding hydrogens is 407 g/mol. The molecule has 0 aliphatic heterocycles. The molecule has 1 heterocycles. The number of nitrogens with zero attached hydrogens (tertiary/aromatic N) is 2. The summed E-state index contributed by atoms with van der Waals surface area (Å²) in [7, 11) is 0. The third kappa shape index (κ3) is 6.45. The van der Waals surface area contributed by atoms with Gasteiger partial charge < -0.3 is 20.4 Å². The minimum atomic E-state index is -1.17. The van der Waals surface area contributed by atoms with Gasteiger partial charge >= 0.3 is 6.01 Å². The summed E-state index contributed by atoms with van der Waals surface area (Å²) in [5, 5.41) is 16.5. The Morgan fingerprint density at radius 1 is 0.935 bits per heavy atom. The van der Waals surface area contributed by atoms with Crippen LogP contribution in [0.25, 0.3) is 11.5 Å². The Hall–Kier alpha value is -3.07. The molecular formula is C22H28F3N5O. The quantitative estimate of drug-likeness (QED) is 0.378. The number of aryl methyl sites for hydroxylation is 1. The average molecular weight is 435 g/mol. The summed E-state index contributed by atoms with van der Waals surface area (Å²) >= 11 is 0. The van der Waals surface area contributed by atoms with Gasteiger partial charge in [0, 0.05) is 13.1 Å². The molecule has 0 saturated carbocycles. The van der Waals surface area contributed by atoms with Crippen LogP contribution in [0.1, 0.15) is 32.8 Å². The number of halogens is 3. The molecule has 0 unspecified atom stereocenters. The van der Waals surface area contributed by atoms with E-state index in [4.69, 9.17) is 4.42 Å². The predicted molar refractivity (Wildman–Crippen MR) is 117 cm³/mol. The highest BCUT2D eigenvalue weighted by molar-refractivity contribution is 5.78. The highest BCUT2D eigenvalue weighted by Crippen LogP contribution is 2.34. The lowest BCUT2D eigenvalue weighted by Gasteiger charge is -2.12. The van der Waals surface area contributed by atoms with E-state index >= 15 is 0 Å². The van der Waals surface area contributed by atoms with Crippen molar-refractivity contribution in [2.24, 2.45) is 0 Å². The van der Waals surface area contributed by atoms with E-state index in [9.17, 15) is 13.2 Å². The maximum atomic E-state index is 14.5. The van der Waals surface area contributed by atoms with Crippen molar-refractivity contribution in [2.75, 3.05) is 30.3 Å². The Bertz CT molecular complexity index is 978. The van der Waals surface area contributed by atoms with Crippen molar-refractivity contribution in [1.82, 2.24) is 15.5 Å². The van der Waals surface area contributed by atoms with Crippen molar-refractivity contribution >= 4 is 17.4 Å². The van der Waals surface area contributed by atoms with E-state index in [2.05, 4.69) is 33.1 Å². The maximum absolute atomic E-state index is 14.5. The SMILES string of the molecule is CC.CCCNCCNc1nnc(-c2ccc(F)c(F)c2Nc2ccc(C)cc2F)o1. The number of nitrogens with one attached hydrogen (secondary N) is 3. The first-order valence-corrected chi connectivity index (χ1v) is 10.3. The van der Waals surface area contributed by atoms with Crippen molar-refractivity contribution in [3.8, 4) is 11.5 Å². The fourth-order valence-corrected chi connectivity index (χ4v) is 2.67. The highest BCUT2D eigenvalue weighted by Gasteiger charge is 2.20. The van der Waals surface area contributed by atoms with E-state index in [-0.39, 0.29) is 28.8 Å². The molecule has 0 aliphatic rings. The molecule has 2 aromatic carbocycles. The van der Waals surface area contributed by atoms with Gasteiger partial charge in [-0.15, -0.1) is 5.10 Å². The monoisotopic (exact) mass is 435 g/mol. The molecule has 0 radical (unpaired) electrons. The van der Waals surface area contributed by atoms with Crippen molar-refractivity contribution in [2.45, 2.75) is 34.1 Å². The summed E-state index contributed by atoms with van der Waals surface area (Å²) in [6.45, 7) is 9.96. The van der Waals surface area contributed by atoms with Crippen LogP contribution in [0.2, 0.25) is 0 Å². The molecule has 0 amide bonds. The van der Waals surface area contributed by atoms with Crippen molar-refractivity contribution in [3.05, 3.63) is 53.3 Å². The number of aromatic nitrogens is 2. The van der Waals surface area contributed by atoms with E-state index < -0.39 is 17.5 Å². The fraction of sp³-hybridized carbons (Fsp3) is 0.364. The van der Waals surface area contributed by atoms with Gasteiger partial charge in [-0.1, -0.05) is 31.9 Å². The average Bonchev–Trinajstić information content (AvgIpc) is 3.23. The summed E-state index contributed by atoms with van der Waals surface area (Å²) in [5.74, 6) is -2.86. The summed E-state index contributed by atoms with van der Waals surface area (Å²) in [6, 6.07) is 6.79. The zero-order valence-electron chi connectivity index (χ0n) is 18.2. The van der Waals surface area contributed by atoms with Crippen LogP contribution in [0.5, 0.6) is 0 Å². The van der Waals surface area contributed by atoms with Crippen LogP contribution in [0.3, 0.4) is 0 Å². The lowest BCUT2D eigenvalue weighted by Crippen LogP contribution is -2.22. The topological polar surface area (TPSA) is 75.0 Å². The molecule has 0 bridgehead atoms. The van der Waals surface area contributed by atoms with Crippen molar-refractivity contribution in [3.63, 3.8) is 0 Å². The maximum Gasteiger partial charge on any atom is 0.315 e. The van der Waals surface area contributed by atoms with Gasteiger partial charge in [0.15, 0.2) is 11.6 Å². The molecule has 0 fully saturated rings. The normalized spacial score (nSPS) is 10.4. The number of hydrogen-bond acceptors (Lipinski definition) is 6. The van der Waals surface area contributed by atoms with Crippen LogP contribution in [-0.2, 0) is 0 Å². The Morgan fingerprint density at radius 2 is 1.71 bits per heavy atom. The van der Waals surface area contributed by atoms with Gasteiger partial charge in [0.25, 0.3) is 5.89 Å². The Balaban J connectivity index is 0.00000166. The molecule has 6 nitrogen and oxygen atoms in total. The van der Waals surface area contributed by atoms with E-state index in [1.807, 2.05) is 13.8 Å². The van der Waals surface area contributed by atoms with Gasteiger partial charge in [0.05, 0.1) is 16.9 Å². The second-order valence-electron chi connectivity index (χ2n) is 6.48. The minimum absolute atomic E-state index is 0.00112. The van der Waals surface area contributed by atoms with Crippen molar-refractivity contribution < 1.29 is 17.6 Å². The first-order chi connectivity index (χ1) is 15.0. The Morgan fingerprint density at radius 3 is 2.42 bits per heavy atom. The van der Waals surface area contributed by atoms with E-state index in [0.29, 0.717) is 18.7 Å². The molecule has 9 heteroatoms. The van der Waals surface area contributed by atoms with Gasteiger partial charge in [-0.2, -0.15) is 0 Å². The van der Waals surface area contributed by atoms with E-state index in [0.717, 1.165) is 19.0 Å². The molecule has 168 valence electrons. The van der Waals surface area contributed by atoms with Crippen LogP contribution >= 0.6 is 0 Å². The van der Waals surface area contributed by atoms with Gasteiger partial charge in [0.1, 0.15) is 5.82 Å². The number of benzene rings is 2. The van der Waals surface area contributed by atoms with Gasteiger partial charge in [-0.05, 0) is 49.7 Å². The smallest absolute Gasteiger partial charge is 0.315 e. The molecule has 31 heavy (non-hydrogen) atoms. The molecule has 3 aromatic rings. The Kier molecular flexibility index (Phi) is 9.33. The van der Waals surface area contributed by atoms with E-state index in [1.54, 1.807) is 13.0 Å². The lowest BCUT2D eigenvalue weighted by atomic mass is 10.1. The summed E-state index contributed by atoms with van der Waals surface area (Å²) < 4.78 is 48.0. The number of anilines is 3. The van der Waals surface area contributed by atoms with Gasteiger partial charge in [-0.3, -0.25) is 0 Å². The first-order valence-electron chi connectivity index (χ1n) is 10.3. The fourth-order valence-electron chi connectivity index (χ4n) is 2.67. The molecule has 3 N–H and O–H groups in total. The number of hydrogen-bond donors (Lipinski definition) is 3. The van der Waals surface area contributed by atoms with Crippen molar-refractivity contribution in [1.29, 1.82) is 0 Å². The standard InChI is InChI=1S/C20H22F3N5O.C2H6/c1-3-8-24-9-10-25-20-28-27-19(29-20)13-5-6-14(21)17(23)18(13)26-16-7-4-12(2)11-15(16)22;1-2/h4-7,11,24,26H,3,8-10H2,1-2H3,(H,25,28);1-2H3. The molecule has 0 saturated heterocycles. The largest absolute Gasteiger partial charge is 0.403 e. The number of rotatable bonds is 9. The predicted octanol–water partition coefficient (Wildman–Crippen LogP) is 5.64. The third-order valence-corrected chi connectivity index (χ3v) is 4.14. The Labute approximate surface area is 180 Å². The van der Waals surface area contributed by atoms with Gasteiger partial charge in [-0.25, -0.2) is 13.2 Å². The molecule has 0 spiro atoms. The summed E-state index contributed by atoms with van der Waals surface area (Å²) in [4.78, 5) is 0. The molecule has 0 aliphatic carbocycles. The minimum Gasteiger partial charge on any atom is -0.403 e. The zero-order chi connectivity index (χ0) is 22.8. The van der Waals surface area contributed by atoms with E-state index in [1.165, 1.54) is 18.2 Å². The van der Waals surface area contributed by atoms with Crippen LogP contribution in [0.4, 0.5) is 30.6 Å².